The minimum Gasteiger partial charge on any atom is -0.286 e. The Hall–Kier alpha value is -2.04. The Morgan fingerprint density at radius 3 is 2.41 bits per heavy atom. The normalized spacial score (nSPS) is 17.8. The van der Waals surface area contributed by atoms with Crippen molar-refractivity contribution in [3.8, 4) is 0 Å². The summed E-state index contributed by atoms with van der Waals surface area (Å²) in [5.41, 5.74) is 3.14. The Balaban J connectivity index is 1.92. The molecule has 152 valence electrons. The second-order valence-corrected chi connectivity index (χ2v) is 10.1. The van der Waals surface area contributed by atoms with Gasteiger partial charge >= 0.3 is 0 Å². The SMILES string of the molecule is CC(C)CN1C(=O)/C(=C/c2ccc(C(C)(C)C)cc2)SC1=Nc1cccc(Cl)c1. The average molecular weight is 427 g/mol. The van der Waals surface area contributed by atoms with Crippen molar-refractivity contribution in [1.29, 1.82) is 0 Å². The predicted octanol–water partition coefficient (Wildman–Crippen LogP) is 6.90. The Labute approximate surface area is 182 Å². The van der Waals surface area contributed by atoms with Crippen LogP contribution in [0.1, 0.15) is 45.7 Å². The molecule has 1 aliphatic heterocycles. The summed E-state index contributed by atoms with van der Waals surface area (Å²) in [4.78, 5) is 20.2. The van der Waals surface area contributed by atoms with Gasteiger partial charge in [0.1, 0.15) is 0 Å². The van der Waals surface area contributed by atoms with E-state index < -0.39 is 0 Å². The molecular weight excluding hydrogens is 400 g/mol. The summed E-state index contributed by atoms with van der Waals surface area (Å²) in [6, 6.07) is 15.8. The summed E-state index contributed by atoms with van der Waals surface area (Å²) >= 11 is 7.51. The van der Waals surface area contributed by atoms with Crippen LogP contribution in [0.15, 0.2) is 58.4 Å². The van der Waals surface area contributed by atoms with Crippen molar-refractivity contribution in [1.82, 2.24) is 4.90 Å². The molecule has 0 unspecified atom stereocenters. The van der Waals surface area contributed by atoms with Gasteiger partial charge in [-0.15, -0.1) is 0 Å². The third kappa shape index (κ3) is 5.52. The molecule has 0 spiro atoms. The molecule has 0 N–H and O–H groups in total. The summed E-state index contributed by atoms with van der Waals surface area (Å²) in [6.45, 7) is 11.4. The van der Waals surface area contributed by atoms with Crippen LogP contribution in [0.4, 0.5) is 5.69 Å². The Kier molecular flexibility index (Phi) is 6.55. The number of aliphatic imine (C=N–C) groups is 1. The van der Waals surface area contributed by atoms with E-state index in [9.17, 15) is 4.79 Å². The number of hydrogen-bond donors (Lipinski definition) is 0. The molecule has 1 aliphatic rings. The second-order valence-electron chi connectivity index (χ2n) is 8.67. The van der Waals surface area contributed by atoms with Crippen molar-refractivity contribution in [2.75, 3.05) is 6.54 Å². The molecule has 0 radical (unpaired) electrons. The molecule has 3 rings (SSSR count). The number of nitrogens with zero attached hydrogens (tertiary/aromatic N) is 2. The molecule has 1 saturated heterocycles. The largest absolute Gasteiger partial charge is 0.286 e. The molecule has 1 heterocycles. The monoisotopic (exact) mass is 426 g/mol. The number of halogens is 1. The van der Waals surface area contributed by atoms with Crippen molar-refractivity contribution in [3.63, 3.8) is 0 Å². The number of amidine groups is 1. The van der Waals surface area contributed by atoms with Gasteiger partial charge in [0.25, 0.3) is 5.91 Å². The number of hydrogen-bond acceptors (Lipinski definition) is 3. The van der Waals surface area contributed by atoms with Gasteiger partial charge in [-0.25, -0.2) is 4.99 Å². The lowest BCUT2D eigenvalue weighted by atomic mass is 9.87. The Morgan fingerprint density at radius 1 is 1.14 bits per heavy atom. The van der Waals surface area contributed by atoms with E-state index >= 15 is 0 Å². The minimum atomic E-state index is 0.00405. The molecule has 29 heavy (non-hydrogen) atoms. The highest BCUT2D eigenvalue weighted by Crippen LogP contribution is 2.35. The molecule has 3 nitrogen and oxygen atoms in total. The molecular formula is C24H27ClN2OS. The van der Waals surface area contributed by atoms with Crippen LogP contribution in [0.2, 0.25) is 5.02 Å². The van der Waals surface area contributed by atoms with Gasteiger partial charge in [0.05, 0.1) is 10.6 Å². The van der Waals surface area contributed by atoms with Crippen LogP contribution in [-0.4, -0.2) is 22.5 Å². The van der Waals surface area contributed by atoms with Crippen LogP contribution < -0.4 is 0 Å². The van der Waals surface area contributed by atoms with Crippen LogP contribution in [0.3, 0.4) is 0 Å². The van der Waals surface area contributed by atoms with E-state index in [0.29, 0.717) is 27.6 Å². The fourth-order valence-electron chi connectivity index (χ4n) is 3.00. The van der Waals surface area contributed by atoms with Gasteiger partial charge in [0, 0.05) is 11.6 Å². The summed E-state index contributed by atoms with van der Waals surface area (Å²) < 4.78 is 0. The first-order valence-electron chi connectivity index (χ1n) is 9.80. The van der Waals surface area contributed by atoms with E-state index in [0.717, 1.165) is 11.3 Å². The van der Waals surface area contributed by atoms with Gasteiger partial charge < -0.3 is 0 Å². The van der Waals surface area contributed by atoms with E-state index in [1.54, 1.807) is 11.0 Å². The van der Waals surface area contributed by atoms with E-state index in [1.165, 1.54) is 17.3 Å². The lowest BCUT2D eigenvalue weighted by Gasteiger charge is -2.18. The first-order chi connectivity index (χ1) is 13.6. The smallest absolute Gasteiger partial charge is 0.266 e. The zero-order valence-corrected chi connectivity index (χ0v) is 19.1. The standard InChI is InChI=1S/C24H27ClN2OS/c1-16(2)15-27-22(28)21(13-17-9-11-18(12-10-17)24(3,4)5)29-23(27)26-20-8-6-7-19(25)14-20/h6-14,16H,15H2,1-5H3/b21-13-,26-23?. The maximum Gasteiger partial charge on any atom is 0.266 e. The highest BCUT2D eigenvalue weighted by atomic mass is 35.5. The molecule has 0 saturated carbocycles. The van der Waals surface area contributed by atoms with E-state index in [1.807, 2.05) is 24.3 Å². The van der Waals surface area contributed by atoms with Gasteiger partial charge in [-0.05, 0) is 58.5 Å². The van der Waals surface area contributed by atoms with Gasteiger partial charge in [-0.2, -0.15) is 0 Å². The highest BCUT2D eigenvalue weighted by Gasteiger charge is 2.33. The molecule has 2 aromatic rings. The van der Waals surface area contributed by atoms with Gasteiger partial charge in [0.15, 0.2) is 5.17 Å². The summed E-state index contributed by atoms with van der Waals surface area (Å²) in [5.74, 6) is 0.346. The van der Waals surface area contributed by atoms with Crippen LogP contribution in [0.25, 0.3) is 6.08 Å². The van der Waals surface area contributed by atoms with Gasteiger partial charge in [-0.3, -0.25) is 9.69 Å². The van der Waals surface area contributed by atoms with Crippen molar-refractivity contribution in [2.24, 2.45) is 10.9 Å². The van der Waals surface area contributed by atoms with Gasteiger partial charge in [0.2, 0.25) is 0 Å². The highest BCUT2D eigenvalue weighted by molar-refractivity contribution is 8.18. The number of benzene rings is 2. The second kappa shape index (κ2) is 8.76. The minimum absolute atomic E-state index is 0.00405. The summed E-state index contributed by atoms with van der Waals surface area (Å²) in [5, 5.41) is 1.33. The van der Waals surface area contributed by atoms with E-state index in [-0.39, 0.29) is 11.3 Å². The summed E-state index contributed by atoms with van der Waals surface area (Å²) in [7, 11) is 0. The zero-order valence-electron chi connectivity index (χ0n) is 17.6. The summed E-state index contributed by atoms with van der Waals surface area (Å²) in [6.07, 6.45) is 1.95. The number of carbonyl (C=O) groups is 1. The van der Waals surface area contributed by atoms with Crippen LogP contribution in [-0.2, 0) is 10.2 Å². The fraction of sp³-hybridized carbons (Fsp3) is 0.333. The van der Waals surface area contributed by atoms with E-state index in [4.69, 9.17) is 16.6 Å². The lowest BCUT2D eigenvalue weighted by molar-refractivity contribution is -0.122. The number of carbonyl (C=O) groups excluding carboxylic acids is 1. The quantitative estimate of drug-likeness (QED) is 0.498. The molecule has 1 fully saturated rings. The maximum absolute atomic E-state index is 13.1. The number of amides is 1. The van der Waals surface area contributed by atoms with Crippen molar-refractivity contribution in [3.05, 3.63) is 69.6 Å². The van der Waals surface area contributed by atoms with Crippen LogP contribution in [0.5, 0.6) is 0 Å². The van der Waals surface area contributed by atoms with Crippen molar-refractivity contribution >= 4 is 46.2 Å². The third-order valence-corrected chi connectivity index (χ3v) is 5.78. The maximum atomic E-state index is 13.1. The topological polar surface area (TPSA) is 32.7 Å². The molecule has 5 heteroatoms. The molecule has 0 atom stereocenters. The van der Waals surface area contributed by atoms with Crippen LogP contribution in [0, 0.1) is 5.92 Å². The predicted molar refractivity (Wildman–Crippen MR) is 126 cm³/mol. The number of thioether (sulfide) groups is 1. The molecule has 0 bridgehead atoms. The third-order valence-electron chi connectivity index (χ3n) is 4.54. The Bertz CT molecular complexity index is 956. The average Bonchev–Trinajstić information content (AvgIpc) is 2.90. The van der Waals surface area contributed by atoms with Crippen LogP contribution >= 0.6 is 23.4 Å². The number of rotatable bonds is 4. The van der Waals surface area contributed by atoms with Crippen molar-refractivity contribution in [2.45, 2.75) is 40.0 Å². The lowest BCUT2D eigenvalue weighted by Crippen LogP contribution is -2.32. The zero-order chi connectivity index (χ0) is 21.2. The molecule has 2 aromatic carbocycles. The first-order valence-corrected chi connectivity index (χ1v) is 11.0. The van der Waals surface area contributed by atoms with E-state index in [2.05, 4.69) is 58.9 Å². The molecule has 1 amide bonds. The Morgan fingerprint density at radius 2 is 1.83 bits per heavy atom. The fourth-order valence-corrected chi connectivity index (χ4v) is 4.20. The van der Waals surface area contributed by atoms with Crippen molar-refractivity contribution < 1.29 is 4.79 Å². The van der Waals surface area contributed by atoms with Gasteiger partial charge in [-0.1, -0.05) is 76.6 Å². The molecule has 0 aromatic heterocycles. The molecule has 0 aliphatic carbocycles. The first kappa shape index (κ1) is 21.7.